The fourth-order valence-electron chi connectivity index (χ4n) is 4.73. The van der Waals surface area contributed by atoms with Gasteiger partial charge in [0.25, 0.3) is 5.92 Å². The molecule has 2 heterocycles. The Labute approximate surface area is 225 Å². The topological polar surface area (TPSA) is 71.3 Å². The molecule has 39 heavy (non-hydrogen) atoms. The van der Waals surface area contributed by atoms with E-state index in [1.807, 2.05) is 78.9 Å². The van der Waals surface area contributed by atoms with Gasteiger partial charge in [-0.2, -0.15) is 0 Å². The van der Waals surface area contributed by atoms with Crippen molar-refractivity contribution in [1.82, 2.24) is 19.5 Å². The zero-order chi connectivity index (χ0) is 27.5. The van der Waals surface area contributed by atoms with Gasteiger partial charge in [-0.15, -0.1) is 0 Å². The molecule has 0 radical (unpaired) electrons. The number of nitrogens with zero attached hydrogens (tertiary/aromatic N) is 4. The summed E-state index contributed by atoms with van der Waals surface area (Å²) in [5, 5.41) is 0. The van der Waals surface area contributed by atoms with E-state index in [-0.39, 0.29) is 6.61 Å². The Bertz CT molecular complexity index is 1490. The highest BCUT2D eigenvalue weighted by Gasteiger charge is 2.38. The molecule has 0 saturated carbocycles. The van der Waals surface area contributed by atoms with E-state index < -0.39 is 18.1 Å². The number of imidazole rings is 1. The van der Waals surface area contributed by atoms with Gasteiger partial charge in [0.2, 0.25) is 0 Å². The van der Waals surface area contributed by atoms with Gasteiger partial charge < -0.3 is 18.8 Å². The molecule has 0 aliphatic heterocycles. The molecule has 200 valence electrons. The van der Waals surface area contributed by atoms with Crippen molar-refractivity contribution >= 4 is 11.2 Å². The molecule has 5 aromatic rings. The maximum Gasteiger partial charge on any atom is 0.263 e. The second kappa shape index (κ2) is 10.8. The van der Waals surface area contributed by atoms with Crippen molar-refractivity contribution < 1.29 is 23.0 Å². The van der Waals surface area contributed by atoms with Crippen molar-refractivity contribution in [2.75, 3.05) is 14.2 Å². The summed E-state index contributed by atoms with van der Waals surface area (Å²) in [7, 11) is 3.21. The summed E-state index contributed by atoms with van der Waals surface area (Å²) >= 11 is 0. The first-order chi connectivity index (χ1) is 18.8. The molecule has 0 N–H and O–H groups in total. The molecular formula is C30H28F2N4O3. The molecule has 0 fully saturated rings. The number of aromatic nitrogens is 4. The van der Waals surface area contributed by atoms with Crippen LogP contribution in [0.5, 0.6) is 11.5 Å². The van der Waals surface area contributed by atoms with Crippen molar-refractivity contribution in [3.63, 3.8) is 0 Å². The number of fused-ring (bicyclic) bond motifs is 1. The second-order valence-electron chi connectivity index (χ2n) is 9.21. The van der Waals surface area contributed by atoms with Crippen molar-refractivity contribution in [2.45, 2.75) is 31.6 Å². The predicted octanol–water partition coefficient (Wildman–Crippen LogP) is 6.01. The lowest BCUT2D eigenvalue weighted by Gasteiger charge is -2.36. The third-order valence-electron chi connectivity index (χ3n) is 6.52. The molecular weight excluding hydrogens is 502 g/mol. The number of rotatable bonds is 10. The van der Waals surface area contributed by atoms with E-state index in [9.17, 15) is 8.78 Å². The normalized spacial score (nSPS) is 12.0. The number of hydrogen-bond acceptors (Lipinski definition) is 6. The first kappa shape index (κ1) is 26.2. The molecule has 3 aromatic carbocycles. The number of hydrogen-bond donors (Lipinski definition) is 0. The summed E-state index contributed by atoms with van der Waals surface area (Å²) in [5.41, 5.74) is 2.11. The summed E-state index contributed by atoms with van der Waals surface area (Å²) in [6.07, 6.45) is 2.83. The number of benzene rings is 3. The Hall–Kier alpha value is -4.37. The largest absolute Gasteiger partial charge is 0.497 e. The third-order valence-corrected chi connectivity index (χ3v) is 6.52. The number of alkyl halides is 2. The zero-order valence-electron chi connectivity index (χ0n) is 21.8. The molecule has 9 heteroatoms. The zero-order valence-corrected chi connectivity index (χ0v) is 21.8. The molecule has 0 aliphatic rings. The highest BCUT2D eigenvalue weighted by molar-refractivity contribution is 5.70. The number of halogens is 2. The molecule has 0 unspecified atom stereocenters. The van der Waals surface area contributed by atoms with Crippen molar-refractivity contribution in [3.8, 4) is 11.5 Å². The Morgan fingerprint density at radius 1 is 0.795 bits per heavy atom. The molecule has 0 amide bonds. The number of ether oxygens (including phenoxy) is 3. The van der Waals surface area contributed by atoms with Crippen molar-refractivity contribution in [1.29, 1.82) is 0 Å². The lowest BCUT2D eigenvalue weighted by molar-refractivity contribution is -0.0139. The van der Waals surface area contributed by atoms with Crippen LogP contribution in [0.25, 0.3) is 11.2 Å². The standard InChI is InChI=1S/C30H28F2N4O3/c1-29(31,32)19-36-27(35-26-17-33-20-34-28(26)36)18-39-30(21-7-5-4-6-8-21,22-9-13-24(37-2)14-10-22)23-11-15-25(38-3)16-12-23/h4-17,20H,18-19H2,1-3H3. The van der Waals surface area contributed by atoms with Gasteiger partial charge in [0.1, 0.15) is 41.4 Å². The third kappa shape index (κ3) is 5.31. The predicted molar refractivity (Wildman–Crippen MR) is 143 cm³/mol. The summed E-state index contributed by atoms with van der Waals surface area (Å²) in [5.74, 6) is -1.29. The summed E-state index contributed by atoms with van der Waals surface area (Å²) in [6.45, 7) is 0.190. The molecule has 0 bridgehead atoms. The van der Waals surface area contributed by atoms with Gasteiger partial charge in [-0.3, -0.25) is 0 Å². The minimum absolute atomic E-state index is 0.0839. The average Bonchev–Trinajstić information content (AvgIpc) is 3.30. The summed E-state index contributed by atoms with van der Waals surface area (Å²) < 4.78 is 47.5. The van der Waals surface area contributed by atoms with Crippen LogP contribution in [-0.2, 0) is 23.5 Å². The van der Waals surface area contributed by atoms with E-state index in [0.29, 0.717) is 28.5 Å². The lowest BCUT2D eigenvalue weighted by atomic mass is 9.80. The SMILES string of the molecule is COc1ccc(C(OCc2nc3cncnc3n2CC(C)(F)F)(c2ccccc2)c2ccc(OC)cc2)cc1. The fourth-order valence-corrected chi connectivity index (χ4v) is 4.73. The highest BCUT2D eigenvalue weighted by Crippen LogP contribution is 2.42. The van der Waals surface area contributed by atoms with Gasteiger partial charge in [-0.05, 0) is 41.0 Å². The van der Waals surface area contributed by atoms with E-state index >= 15 is 0 Å². The van der Waals surface area contributed by atoms with Gasteiger partial charge in [0, 0.05) is 6.92 Å². The Morgan fingerprint density at radius 3 is 1.90 bits per heavy atom. The monoisotopic (exact) mass is 530 g/mol. The minimum Gasteiger partial charge on any atom is -0.497 e. The Balaban J connectivity index is 1.68. The van der Waals surface area contributed by atoms with Crippen LogP contribution in [0.4, 0.5) is 8.78 Å². The van der Waals surface area contributed by atoms with Gasteiger partial charge in [-0.25, -0.2) is 23.7 Å². The lowest BCUT2D eigenvalue weighted by Crippen LogP contribution is -2.33. The summed E-state index contributed by atoms with van der Waals surface area (Å²) in [4.78, 5) is 12.8. The van der Waals surface area contributed by atoms with Gasteiger partial charge >= 0.3 is 0 Å². The van der Waals surface area contributed by atoms with Crippen LogP contribution in [0.1, 0.15) is 29.4 Å². The quantitative estimate of drug-likeness (QED) is 0.206. The van der Waals surface area contributed by atoms with Crippen LogP contribution in [0.15, 0.2) is 91.4 Å². The van der Waals surface area contributed by atoms with Crippen LogP contribution < -0.4 is 9.47 Å². The van der Waals surface area contributed by atoms with Gasteiger partial charge in [0.15, 0.2) is 5.65 Å². The van der Waals surface area contributed by atoms with E-state index in [0.717, 1.165) is 23.6 Å². The Morgan fingerprint density at radius 2 is 1.36 bits per heavy atom. The number of methoxy groups -OCH3 is 2. The average molecular weight is 531 g/mol. The minimum atomic E-state index is -2.99. The van der Waals surface area contributed by atoms with Crippen LogP contribution in [-0.4, -0.2) is 39.7 Å². The van der Waals surface area contributed by atoms with Gasteiger partial charge in [0.05, 0.1) is 27.0 Å². The fraction of sp³-hybridized carbons (Fsp3) is 0.233. The molecule has 0 atom stereocenters. The highest BCUT2D eigenvalue weighted by atomic mass is 19.3. The van der Waals surface area contributed by atoms with Crippen molar-refractivity contribution in [3.05, 3.63) is 114 Å². The molecule has 0 aliphatic carbocycles. The molecule has 5 rings (SSSR count). The van der Waals surface area contributed by atoms with Crippen LogP contribution >= 0.6 is 0 Å². The molecule has 7 nitrogen and oxygen atoms in total. The van der Waals surface area contributed by atoms with E-state index in [4.69, 9.17) is 14.2 Å². The first-order valence-electron chi connectivity index (χ1n) is 12.4. The maximum atomic E-state index is 14.2. The van der Waals surface area contributed by atoms with E-state index in [1.54, 1.807) is 14.2 Å². The maximum absolute atomic E-state index is 14.2. The van der Waals surface area contributed by atoms with Crippen LogP contribution in [0, 0.1) is 0 Å². The van der Waals surface area contributed by atoms with E-state index in [2.05, 4.69) is 15.0 Å². The van der Waals surface area contributed by atoms with E-state index in [1.165, 1.54) is 17.1 Å². The molecule has 0 saturated heterocycles. The van der Waals surface area contributed by atoms with Gasteiger partial charge in [-0.1, -0.05) is 54.6 Å². The second-order valence-corrected chi connectivity index (χ2v) is 9.21. The first-order valence-corrected chi connectivity index (χ1v) is 12.4. The van der Waals surface area contributed by atoms with Crippen LogP contribution in [0.2, 0.25) is 0 Å². The molecule has 2 aromatic heterocycles. The smallest absolute Gasteiger partial charge is 0.263 e. The van der Waals surface area contributed by atoms with Crippen molar-refractivity contribution in [2.24, 2.45) is 0 Å². The molecule has 0 spiro atoms. The summed E-state index contributed by atoms with van der Waals surface area (Å²) in [6, 6.07) is 24.9. The van der Waals surface area contributed by atoms with Crippen LogP contribution in [0.3, 0.4) is 0 Å². The Kier molecular flexibility index (Phi) is 7.26.